The third kappa shape index (κ3) is 2.82. The average molecular weight is 253 g/mol. The summed E-state index contributed by atoms with van der Waals surface area (Å²) in [6.45, 7) is 8.07. The molecule has 1 heteroatoms. The molecule has 0 saturated carbocycles. The first-order valence-electron chi connectivity index (χ1n) is 7.44. The van der Waals surface area contributed by atoms with Gasteiger partial charge in [-0.05, 0) is 67.7 Å². The van der Waals surface area contributed by atoms with Crippen molar-refractivity contribution in [2.24, 2.45) is 0 Å². The quantitative estimate of drug-likeness (QED) is 0.764. The Morgan fingerprint density at radius 3 is 2.47 bits per heavy atom. The van der Waals surface area contributed by atoms with Gasteiger partial charge in [-0.1, -0.05) is 36.2 Å². The van der Waals surface area contributed by atoms with Crippen LogP contribution in [-0.2, 0) is 6.54 Å². The van der Waals surface area contributed by atoms with Crippen molar-refractivity contribution in [1.82, 2.24) is 4.90 Å². The van der Waals surface area contributed by atoms with Gasteiger partial charge in [0.2, 0.25) is 0 Å². The van der Waals surface area contributed by atoms with Gasteiger partial charge in [-0.25, -0.2) is 0 Å². The zero-order valence-corrected chi connectivity index (χ0v) is 12.1. The highest BCUT2D eigenvalue weighted by molar-refractivity contribution is 5.84. The van der Waals surface area contributed by atoms with Crippen molar-refractivity contribution in [3.05, 3.63) is 47.0 Å². The summed E-state index contributed by atoms with van der Waals surface area (Å²) in [6, 6.07) is 11.5. The molecule has 2 aromatic carbocycles. The second-order valence-corrected chi connectivity index (χ2v) is 5.97. The molecule has 0 amide bonds. The molecule has 1 fully saturated rings. The van der Waals surface area contributed by atoms with Gasteiger partial charge in [-0.15, -0.1) is 0 Å². The van der Waals surface area contributed by atoms with E-state index in [-0.39, 0.29) is 0 Å². The Kier molecular flexibility index (Phi) is 3.56. The lowest BCUT2D eigenvalue weighted by Crippen LogP contribution is -2.29. The lowest BCUT2D eigenvalue weighted by molar-refractivity contribution is 0.220. The van der Waals surface area contributed by atoms with E-state index in [0.717, 1.165) is 6.54 Å². The van der Waals surface area contributed by atoms with Crippen LogP contribution in [0.2, 0.25) is 0 Å². The number of hydrogen-bond donors (Lipinski definition) is 0. The predicted molar refractivity (Wildman–Crippen MR) is 82.6 cm³/mol. The Bertz CT molecular complexity index is 580. The van der Waals surface area contributed by atoms with Crippen LogP contribution >= 0.6 is 0 Å². The van der Waals surface area contributed by atoms with E-state index < -0.39 is 0 Å². The van der Waals surface area contributed by atoms with E-state index in [1.165, 1.54) is 59.8 Å². The number of nitrogens with zero attached hydrogens (tertiary/aromatic N) is 1. The largest absolute Gasteiger partial charge is 0.299 e. The summed E-state index contributed by atoms with van der Waals surface area (Å²) in [7, 11) is 0. The highest BCUT2D eigenvalue weighted by atomic mass is 15.1. The molecule has 0 unspecified atom stereocenters. The normalized spacial score (nSPS) is 16.9. The summed E-state index contributed by atoms with van der Waals surface area (Å²) in [5.41, 5.74) is 4.28. The average Bonchev–Trinajstić information content (AvgIpc) is 2.41. The Morgan fingerprint density at radius 2 is 1.68 bits per heavy atom. The van der Waals surface area contributed by atoms with Gasteiger partial charge in [0.1, 0.15) is 0 Å². The van der Waals surface area contributed by atoms with Gasteiger partial charge in [-0.3, -0.25) is 4.90 Å². The van der Waals surface area contributed by atoms with E-state index in [1.807, 2.05) is 0 Å². The summed E-state index contributed by atoms with van der Waals surface area (Å²) in [5.74, 6) is 0. The minimum atomic E-state index is 1.12. The van der Waals surface area contributed by atoms with Crippen molar-refractivity contribution < 1.29 is 0 Å². The van der Waals surface area contributed by atoms with Crippen LogP contribution in [0.3, 0.4) is 0 Å². The molecular weight excluding hydrogens is 230 g/mol. The smallest absolute Gasteiger partial charge is 0.0236 e. The Morgan fingerprint density at radius 1 is 0.895 bits per heavy atom. The predicted octanol–water partition coefficient (Wildman–Crippen LogP) is 4.44. The van der Waals surface area contributed by atoms with Crippen LogP contribution in [-0.4, -0.2) is 18.0 Å². The van der Waals surface area contributed by atoms with Crippen molar-refractivity contribution >= 4 is 10.8 Å². The Hall–Kier alpha value is -1.34. The fourth-order valence-electron chi connectivity index (χ4n) is 3.11. The monoisotopic (exact) mass is 253 g/mol. The first kappa shape index (κ1) is 12.7. The highest BCUT2D eigenvalue weighted by Gasteiger charge is 2.12. The summed E-state index contributed by atoms with van der Waals surface area (Å²) in [4.78, 5) is 2.60. The standard InChI is InChI=1S/C18H23N/c1-14-6-7-16-12-18(15(2)11-17(16)10-14)13-19-8-4-3-5-9-19/h6-7,10-12H,3-5,8-9,13H2,1-2H3. The van der Waals surface area contributed by atoms with Gasteiger partial charge in [0, 0.05) is 6.54 Å². The van der Waals surface area contributed by atoms with E-state index >= 15 is 0 Å². The third-order valence-electron chi connectivity index (χ3n) is 4.29. The molecule has 1 nitrogen and oxygen atoms in total. The molecule has 0 aromatic heterocycles. The molecule has 0 atom stereocenters. The lowest BCUT2D eigenvalue weighted by atomic mass is 9.99. The second kappa shape index (κ2) is 5.34. The molecular formula is C18H23N. The molecule has 0 bridgehead atoms. The molecule has 0 spiro atoms. The van der Waals surface area contributed by atoms with Crippen molar-refractivity contribution in [2.75, 3.05) is 13.1 Å². The molecule has 1 saturated heterocycles. The second-order valence-electron chi connectivity index (χ2n) is 5.97. The maximum absolute atomic E-state index is 2.60. The van der Waals surface area contributed by atoms with Crippen molar-refractivity contribution in [2.45, 2.75) is 39.7 Å². The molecule has 2 aromatic rings. The van der Waals surface area contributed by atoms with Crippen LogP contribution in [0, 0.1) is 13.8 Å². The molecule has 1 heterocycles. The van der Waals surface area contributed by atoms with Gasteiger partial charge in [0.25, 0.3) is 0 Å². The molecule has 1 aliphatic rings. The summed E-state index contributed by atoms with van der Waals surface area (Å²) in [6.07, 6.45) is 4.14. The number of piperidine rings is 1. The van der Waals surface area contributed by atoms with Crippen LogP contribution in [0.5, 0.6) is 0 Å². The maximum atomic E-state index is 2.60. The SMILES string of the molecule is Cc1ccc2cc(CN3CCCCC3)c(C)cc2c1. The molecule has 0 radical (unpaired) electrons. The summed E-state index contributed by atoms with van der Waals surface area (Å²) < 4.78 is 0. The summed E-state index contributed by atoms with van der Waals surface area (Å²) in [5, 5.41) is 2.75. The number of rotatable bonds is 2. The first-order valence-corrected chi connectivity index (χ1v) is 7.44. The topological polar surface area (TPSA) is 3.24 Å². The van der Waals surface area contributed by atoms with Gasteiger partial charge < -0.3 is 0 Å². The fourth-order valence-corrected chi connectivity index (χ4v) is 3.11. The van der Waals surface area contributed by atoms with Crippen molar-refractivity contribution in [1.29, 1.82) is 0 Å². The first-order chi connectivity index (χ1) is 9.22. The van der Waals surface area contributed by atoms with Gasteiger partial charge >= 0.3 is 0 Å². The van der Waals surface area contributed by atoms with E-state index in [1.54, 1.807) is 0 Å². The highest BCUT2D eigenvalue weighted by Crippen LogP contribution is 2.23. The Balaban J connectivity index is 1.90. The fraction of sp³-hybridized carbons (Fsp3) is 0.444. The molecule has 0 N–H and O–H groups in total. The number of hydrogen-bond acceptors (Lipinski definition) is 1. The molecule has 19 heavy (non-hydrogen) atoms. The number of fused-ring (bicyclic) bond motifs is 1. The van der Waals surface area contributed by atoms with Crippen LogP contribution in [0.4, 0.5) is 0 Å². The van der Waals surface area contributed by atoms with E-state index in [4.69, 9.17) is 0 Å². The lowest BCUT2D eigenvalue weighted by Gasteiger charge is -2.27. The zero-order valence-electron chi connectivity index (χ0n) is 12.1. The summed E-state index contributed by atoms with van der Waals surface area (Å²) >= 11 is 0. The van der Waals surface area contributed by atoms with Gasteiger partial charge in [0.05, 0.1) is 0 Å². The molecule has 0 aliphatic carbocycles. The maximum Gasteiger partial charge on any atom is 0.0236 e. The Labute approximate surface area is 116 Å². The zero-order chi connectivity index (χ0) is 13.2. The number of aryl methyl sites for hydroxylation is 2. The molecule has 100 valence electrons. The molecule has 1 aliphatic heterocycles. The molecule has 3 rings (SSSR count). The van der Waals surface area contributed by atoms with Crippen LogP contribution in [0.25, 0.3) is 10.8 Å². The number of likely N-dealkylation sites (tertiary alicyclic amines) is 1. The third-order valence-corrected chi connectivity index (χ3v) is 4.29. The van der Waals surface area contributed by atoms with E-state index in [9.17, 15) is 0 Å². The van der Waals surface area contributed by atoms with Crippen LogP contribution in [0.1, 0.15) is 36.0 Å². The van der Waals surface area contributed by atoms with Crippen LogP contribution in [0.15, 0.2) is 30.3 Å². The van der Waals surface area contributed by atoms with Crippen LogP contribution < -0.4 is 0 Å². The van der Waals surface area contributed by atoms with Gasteiger partial charge in [-0.2, -0.15) is 0 Å². The minimum absolute atomic E-state index is 1.12. The van der Waals surface area contributed by atoms with E-state index in [0.29, 0.717) is 0 Å². The van der Waals surface area contributed by atoms with Crippen molar-refractivity contribution in [3.63, 3.8) is 0 Å². The van der Waals surface area contributed by atoms with Gasteiger partial charge in [0.15, 0.2) is 0 Å². The number of benzene rings is 2. The van der Waals surface area contributed by atoms with Crippen molar-refractivity contribution in [3.8, 4) is 0 Å². The minimum Gasteiger partial charge on any atom is -0.299 e. The van der Waals surface area contributed by atoms with E-state index in [2.05, 4.69) is 49.1 Å².